The molecular formula is C16H19N5O2. The molecule has 120 valence electrons. The number of morpholine rings is 1. The fourth-order valence-electron chi connectivity index (χ4n) is 2.60. The molecule has 0 aliphatic carbocycles. The number of amides is 1. The number of ether oxygens (including phenoxy) is 1. The Morgan fingerprint density at radius 3 is 3.00 bits per heavy atom. The Kier molecular flexibility index (Phi) is 4.77. The lowest BCUT2D eigenvalue weighted by Gasteiger charge is -2.33. The number of hydrogen-bond donors (Lipinski definition) is 1. The first-order valence-corrected chi connectivity index (χ1v) is 7.58. The van der Waals surface area contributed by atoms with Gasteiger partial charge in [0.1, 0.15) is 17.6 Å². The minimum Gasteiger partial charge on any atom is -0.382 e. The van der Waals surface area contributed by atoms with Gasteiger partial charge in [0.25, 0.3) is 0 Å². The molecule has 1 fully saturated rings. The van der Waals surface area contributed by atoms with Gasteiger partial charge in [0.15, 0.2) is 0 Å². The zero-order valence-corrected chi connectivity index (χ0v) is 12.8. The number of carbonyl (C=O) groups is 1. The lowest BCUT2D eigenvalue weighted by Crippen LogP contribution is -2.42. The minimum atomic E-state index is -0.320. The molecule has 3 rings (SSSR count). The van der Waals surface area contributed by atoms with Crippen molar-refractivity contribution >= 4 is 11.7 Å². The summed E-state index contributed by atoms with van der Waals surface area (Å²) in [7, 11) is 0. The third-order valence-electron chi connectivity index (χ3n) is 3.83. The third-order valence-corrected chi connectivity index (χ3v) is 3.83. The summed E-state index contributed by atoms with van der Waals surface area (Å²) in [6.45, 7) is 1.51. The summed E-state index contributed by atoms with van der Waals surface area (Å²) in [4.78, 5) is 26.5. The quantitative estimate of drug-likeness (QED) is 0.904. The number of rotatable bonds is 4. The van der Waals surface area contributed by atoms with E-state index in [1.807, 2.05) is 12.1 Å². The first-order valence-electron chi connectivity index (χ1n) is 7.58. The lowest BCUT2D eigenvalue weighted by atomic mass is 10.1. The Morgan fingerprint density at radius 1 is 1.35 bits per heavy atom. The van der Waals surface area contributed by atoms with Crippen LogP contribution in [0.25, 0.3) is 0 Å². The molecule has 1 aliphatic rings. The normalized spacial score (nSPS) is 17.9. The van der Waals surface area contributed by atoms with Crippen molar-refractivity contribution in [1.82, 2.24) is 19.9 Å². The molecule has 1 aliphatic heterocycles. The van der Waals surface area contributed by atoms with E-state index in [0.29, 0.717) is 44.0 Å². The number of anilines is 1. The maximum Gasteiger partial charge on any atom is 0.223 e. The number of nitrogens with zero attached hydrogens (tertiary/aromatic N) is 4. The molecule has 0 unspecified atom stereocenters. The van der Waals surface area contributed by atoms with Crippen molar-refractivity contribution in [3.63, 3.8) is 0 Å². The molecule has 0 aromatic carbocycles. The zero-order chi connectivity index (χ0) is 16.1. The second-order valence-corrected chi connectivity index (χ2v) is 5.39. The van der Waals surface area contributed by atoms with E-state index in [1.54, 1.807) is 29.7 Å². The van der Waals surface area contributed by atoms with Crippen LogP contribution < -0.4 is 5.73 Å². The molecule has 7 nitrogen and oxygen atoms in total. The van der Waals surface area contributed by atoms with Gasteiger partial charge in [-0.1, -0.05) is 6.07 Å². The average molecular weight is 313 g/mol. The summed E-state index contributed by atoms with van der Waals surface area (Å²) in [5, 5.41) is 0. The van der Waals surface area contributed by atoms with E-state index in [0.717, 1.165) is 5.56 Å². The fraction of sp³-hybridized carbons (Fsp3) is 0.375. The Labute approximate surface area is 134 Å². The monoisotopic (exact) mass is 313 g/mol. The highest BCUT2D eigenvalue weighted by Gasteiger charge is 2.27. The van der Waals surface area contributed by atoms with Crippen LogP contribution in [0.4, 0.5) is 5.82 Å². The number of nitrogens with two attached hydrogens (primary N) is 1. The van der Waals surface area contributed by atoms with Crippen molar-refractivity contribution in [2.75, 3.05) is 25.4 Å². The molecular weight excluding hydrogens is 294 g/mol. The molecule has 3 heterocycles. The molecule has 1 saturated heterocycles. The highest BCUT2D eigenvalue weighted by atomic mass is 16.5. The van der Waals surface area contributed by atoms with Crippen LogP contribution in [-0.2, 0) is 16.0 Å². The van der Waals surface area contributed by atoms with Gasteiger partial charge in [-0.3, -0.25) is 14.8 Å². The van der Waals surface area contributed by atoms with Crippen molar-refractivity contribution in [3.8, 4) is 0 Å². The highest BCUT2D eigenvalue weighted by molar-refractivity contribution is 5.76. The summed E-state index contributed by atoms with van der Waals surface area (Å²) in [5.41, 5.74) is 7.50. The number of nitrogen functional groups attached to an aromatic ring is 1. The number of carbonyl (C=O) groups excluding carboxylic acids is 1. The molecule has 0 spiro atoms. The summed E-state index contributed by atoms with van der Waals surface area (Å²) < 4.78 is 5.70. The Morgan fingerprint density at radius 2 is 2.22 bits per heavy atom. The molecule has 2 aromatic heterocycles. The summed E-state index contributed by atoms with van der Waals surface area (Å²) in [5.74, 6) is 0.451. The van der Waals surface area contributed by atoms with Crippen LogP contribution in [-0.4, -0.2) is 45.5 Å². The molecule has 1 amide bonds. The highest BCUT2D eigenvalue weighted by Crippen LogP contribution is 2.24. The summed E-state index contributed by atoms with van der Waals surface area (Å²) in [6.07, 6.45) is 7.45. The number of hydrogen-bond acceptors (Lipinski definition) is 6. The SMILES string of the molecule is Nc1nccnc1[C@@H]1CN(C(=O)CCc2cccnc2)CCO1. The third kappa shape index (κ3) is 3.81. The number of aromatic nitrogens is 3. The molecule has 7 heteroatoms. The predicted octanol–water partition coefficient (Wildman–Crippen LogP) is 0.986. The van der Waals surface area contributed by atoms with Crippen LogP contribution in [0.1, 0.15) is 23.8 Å². The molecule has 0 bridgehead atoms. The minimum absolute atomic E-state index is 0.101. The van der Waals surface area contributed by atoms with Crippen LogP contribution in [0, 0.1) is 0 Å². The van der Waals surface area contributed by atoms with Gasteiger partial charge in [0.05, 0.1) is 13.2 Å². The van der Waals surface area contributed by atoms with Crippen LogP contribution in [0.5, 0.6) is 0 Å². The van der Waals surface area contributed by atoms with E-state index < -0.39 is 0 Å². The van der Waals surface area contributed by atoms with Crippen molar-refractivity contribution in [1.29, 1.82) is 0 Å². The number of aryl methyl sites for hydroxylation is 1. The molecule has 2 aromatic rings. The van der Waals surface area contributed by atoms with Gasteiger partial charge in [-0.25, -0.2) is 4.98 Å². The van der Waals surface area contributed by atoms with Crippen LogP contribution >= 0.6 is 0 Å². The predicted molar refractivity (Wildman–Crippen MR) is 84.3 cm³/mol. The van der Waals surface area contributed by atoms with Gasteiger partial charge >= 0.3 is 0 Å². The first-order chi connectivity index (χ1) is 11.2. The molecule has 1 atom stereocenters. The zero-order valence-electron chi connectivity index (χ0n) is 12.8. The molecule has 0 saturated carbocycles. The van der Waals surface area contributed by atoms with Gasteiger partial charge in [0.2, 0.25) is 5.91 Å². The average Bonchev–Trinajstić information content (AvgIpc) is 2.61. The van der Waals surface area contributed by atoms with Crippen molar-refractivity contribution in [3.05, 3.63) is 48.2 Å². The summed E-state index contributed by atoms with van der Waals surface area (Å²) in [6, 6.07) is 3.85. The standard InChI is InChI=1S/C16H19N5O2/c17-16-15(19-6-7-20-16)13-11-21(8-9-23-13)14(22)4-3-12-2-1-5-18-10-12/h1-2,5-7,10,13H,3-4,8-9,11H2,(H2,17,20)/t13-/m0/s1. The Hall–Kier alpha value is -2.54. The maximum atomic E-state index is 12.4. The van der Waals surface area contributed by atoms with Crippen LogP contribution in [0.3, 0.4) is 0 Å². The van der Waals surface area contributed by atoms with E-state index in [1.165, 1.54) is 0 Å². The van der Waals surface area contributed by atoms with Gasteiger partial charge in [-0.15, -0.1) is 0 Å². The topological polar surface area (TPSA) is 94.2 Å². The summed E-state index contributed by atoms with van der Waals surface area (Å²) >= 11 is 0. The first kappa shape index (κ1) is 15.4. The van der Waals surface area contributed by atoms with Gasteiger partial charge in [-0.05, 0) is 18.1 Å². The van der Waals surface area contributed by atoms with Crippen molar-refractivity contribution in [2.45, 2.75) is 18.9 Å². The molecule has 23 heavy (non-hydrogen) atoms. The Balaban J connectivity index is 1.60. The van der Waals surface area contributed by atoms with Gasteiger partial charge in [-0.2, -0.15) is 0 Å². The second-order valence-electron chi connectivity index (χ2n) is 5.39. The van der Waals surface area contributed by atoms with Crippen molar-refractivity contribution in [2.24, 2.45) is 0 Å². The second kappa shape index (κ2) is 7.15. The van der Waals surface area contributed by atoms with E-state index in [4.69, 9.17) is 10.5 Å². The van der Waals surface area contributed by atoms with E-state index in [9.17, 15) is 4.79 Å². The molecule has 0 radical (unpaired) electrons. The lowest BCUT2D eigenvalue weighted by molar-refractivity contribution is -0.139. The smallest absolute Gasteiger partial charge is 0.223 e. The van der Waals surface area contributed by atoms with Crippen LogP contribution in [0.2, 0.25) is 0 Å². The van der Waals surface area contributed by atoms with E-state index >= 15 is 0 Å². The number of pyridine rings is 1. The molecule has 2 N–H and O–H groups in total. The van der Waals surface area contributed by atoms with E-state index in [-0.39, 0.29) is 12.0 Å². The van der Waals surface area contributed by atoms with Crippen molar-refractivity contribution < 1.29 is 9.53 Å². The van der Waals surface area contributed by atoms with E-state index in [2.05, 4.69) is 15.0 Å². The largest absolute Gasteiger partial charge is 0.382 e. The fourth-order valence-corrected chi connectivity index (χ4v) is 2.60. The van der Waals surface area contributed by atoms with Crippen LogP contribution in [0.15, 0.2) is 36.9 Å². The Bertz CT molecular complexity index is 665. The van der Waals surface area contributed by atoms with Gasteiger partial charge < -0.3 is 15.4 Å². The van der Waals surface area contributed by atoms with Gasteiger partial charge in [0, 0.05) is 37.8 Å². The maximum absolute atomic E-state index is 12.4.